The molecule has 0 atom stereocenters. The van der Waals surface area contributed by atoms with Crippen LogP contribution in [0, 0.1) is 5.82 Å². The lowest BCUT2D eigenvalue weighted by Crippen LogP contribution is -2.49. The molecule has 8 heteroatoms. The van der Waals surface area contributed by atoms with Gasteiger partial charge in [-0.25, -0.2) is 4.39 Å². The zero-order valence-corrected chi connectivity index (χ0v) is 18.0. The van der Waals surface area contributed by atoms with Crippen LogP contribution in [-0.2, 0) is 13.1 Å². The normalized spacial score (nSPS) is 14.7. The molecule has 2 heterocycles. The predicted molar refractivity (Wildman–Crippen MR) is 122 cm³/mol. The van der Waals surface area contributed by atoms with E-state index < -0.39 is 0 Å². The lowest BCUT2D eigenvalue weighted by molar-refractivity contribution is 0.177. The molecule has 1 fully saturated rings. The first kappa shape index (κ1) is 20.8. The Hall–Kier alpha value is -2.48. The second-order valence-corrected chi connectivity index (χ2v) is 8.20. The van der Waals surface area contributed by atoms with Crippen molar-refractivity contribution in [2.75, 3.05) is 31.5 Å². The Labute approximate surface area is 186 Å². The molecular weight excluding hydrogens is 421 g/mol. The van der Waals surface area contributed by atoms with Crippen LogP contribution < -0.4 is 5.32 Å². The van der Waals surface area contributed by atoms with Crippen molar-refractivity contribution in [3.05, 3.63) is 82.9 Å². The minimum Gasteiger partial charge on any atom is -0.346 e. The highest BCUT2D eigenvalue weighted by atomic mass is 35.5. The number of hydrogen-bond acceptors (Lipinski definition) is 3. The third kappa shape index (κ3) is 5.56. The SMILES string of the molecule is Fc1ccc(Cn2cc(NC(=S)N3CCN(Cc4ccc(Cl)cc4)CC3)cn2)cc1. The van der Waals surface area contributed by atoms with Crippen LogP contribution in [0.3, 0.4) is 0 Å². The number of rotatable bonds is 5. The van der Waals surface area contributed by atoms with Gasteiger partial charge in [-0.3, -0.25) is 9.58 Å². The topological polar surface area (TPSA) is 36.3 Å². The molecule has 0 radical (unpaired) electrons. The number of hydrogen-bond donors (Lipinski definition) is 1. The molecule has 1 aliphatic heterocycles. The maximum atomic E-state index is 13.0. The lowest BCUT2D eigenvalue weighted by atomic mass is 10.2. The highest BCUT2D eigenvalue weighted by Gasteiger charge is 2.19. The van der Waals surface area contributed by atoms with Crippen LogP contribution in [-0.4, -0.2) is 50.9 Å². The third-order valence-corrected chi connectivity index (χ3v) is 5.73. The summed E-state index contributed by atoms with van der Waals surface area (Å²) < 4.78 is 14.8. The maximum Gasteiger partial charge on any atom is 0.173 e. The summed E-state index contributed by atoms with van der Waals surface area (Å²) in [7, 11) is 0. The van der Waals surface area contributed by atoms with E-state index in [0.29, 0.717) is 11.7 Å². The summed E-state index contributed by atoms with van der Waals surface area (Å²) in [6.07, 6.45) is 3.67. The van der Waals surface area contributed by atoms with Crippen molar-refractivity contribution in [2.24, 2.45) is 0 Å². The second-order valence-electron chi connectivity index (χ2n) is 7.37. The summed E-state index contributed by atoms with van der Waals surface area (Å²) in [6.45, 7) is 5.16. The van der Waals surface area contributed by atoms with Gasteiger partial charge in [0.25, 0.3) is 0 Å². The standard InChI is InChI=1S/C22H23ClFN5S/c23-19-5-1-17(2-6-19)14-27-9-11-28(12-10-27)22(30)26-21-13-25-29(16-21)15-18-3-7-20(24)8-4-18/h1-8,13,16H,9-12,14-15H2,(H,26,30). The average Bonchev–Trinajstić information content (AvgIpc) is 3.18. The van der Waals surface area contributed by atoms with E-state index in [0.717, 1.165) is 49.0 Å². The van der Waals surface area contributed by atoms with E-state index in [4.69, 9.17) is 23.8 Å². The number of nitrogens with zero attached hydrogens (tertiary/aromatic N) is 4. The summed E-state index contributed by atoms with van der Waals surface area (Å²) in [5.74, 6) is -0.236. The second kappa shape index (κ2) is 9.55. The molecule has 1 aliphatic rings. The van der Waals surface area contributed by atoms with Crippen molar-refractivity contribution >= 4 is 34.6 Å². The number of piperazine rings is 1. The van der Waals surface area contributed by atoms with Gasteiger partial charge in [-0.2, -0.15) is 5.10 Å². The van der Waals surface area contributed by atoms with Gasteiger partial charge in [0.1, 0.15) is 5.82 Å². The molecule has 0 amide bonds. The van der Waals surface area contributed by atoms with Crippen LogP contribution in [0.4, 0.5) is 10.1 Å². The molecule has 0 spiro atoms. The first-order valence-corrected chi connectivity index (χ1v) is 10.6. The highest BCUT2D eigenvalue weighted by Crippen LogP contribution is 2.14. The monoisotopic (exact) mass is 443 g/mol. The van der Waals surface area contributed by atoms with Gasteiger partial charge in [-0.1, -0.05) is 35.9 Å². The smallest absolute Gasteiger partial charge is 0.173 e. The van der Waals surface area contributed by atoms with Crippen molar-refractivity contribution in [3.8, 4) is 0 Å². The fraction of sp³-hybridized carbons (Fsp3) is 0.273. The fourth-order valence-corrected chi connectivity index (χ4v) is 3.88. The van der Waals surface area contributed by atoms with E-state index in [1.807, 2.05) is 23.0 Å². The lowest BCUT2D eigenvalue weighted by Gasteiger charge is -2.36. The molecule has 5 nitrogen and oxygen atoms in total. The van der Waals surface area contributed by atoms with E-state index in [-0.39, 0.29) is 5.82 Å². The van der Waals surface area contributed by atoms with E-state index in [1.165, 1.54) is 17.7 Å². The molecule has 0 unspecified atom stereocenters. The molecule has 1 saturated heterocycles. The van der Waals surface area contributed by atoms with Gasteiger partial charge in [0.05, 0.1) is 18.4 Å². The molecule has 1 N–H and O–H groups in total. The zero-order chi connectivity index (χ0) is 20.9. The largest absolute Gasteiger partial charge is 0.346 e. The van der Waals surface area contributed by atoms with E-state index >= 15 is 0 Å². The van der Waals surface area contributed by atoms with Crippen molar-refractivity contribution < 1.29 is 4.39 Å². The van der Waals surface area contributed by atoms with Gasteiger partial charge in [0, 0.05) is 43.9 Å². The van der Waals surface area contributed by atoms with Crippen molar-refractivity contribution in [1.29, 1.82) is 0 Å². The number of halogens is 2. The highest BCUT2D eigenvalue weighted by molar-refractivity contribution is 7.80. The summed E-state index contributed by atoms with van der Waals surface area (Å²) in [5, 5.41) is 9.12. The van der Waals surface area contributed by atoms with Crippen LogP contribution in [0.1, 0.15) is 11.1 Å². The summed E-state index contributed by atoms with van der Waals surface area (Å²) in [5.41, 5.74) is 3.11. The van der Waals surface area contributed by atoms with Crippen LogP contribution in [0.25, 0.3) is 0 Å². The number of benzene rings is 2. The van der Waals surface area contributed by atoms with Gasteiger partial charge < -0.3 is 10.2 Å². The van der Waals surface area contributed by atoms with Crippen LogP contribution in [0.15, 0.2) is 60.9 Å². The molecule has 4 rings (SSSR count). The molecule has 30 heavy (non-hydrogen) atoms. The van der Waals surface area contributed by atoms with Crippen LogP contribution >= 0.6 is 23.8 Å². The Bertz CT molecular complexity index is 982. The Morgan fingerprint density at radius 1 is 0.967 bits per heavy atom. The van der Waals surface area contributed by atoms with Gasteiger partial charge in [-0.05, 0) is 47.6 Å². The molecule has 3 aromatic rings. The predicted octanol–water partition coefficient (Wildman–Crippen LogP) is 4.24. The van der Waals surface area contributed by atoms with Crippen molar-refractivity contribution in [3.63, 3.8) is 0 Å². The Balaban J connectivity index is 1.25. The Kier molecular flexibility index (Phi) is 6.62. The summed E-state index contributed by atoms with van der Waals surface area (Å²) in [6, 6.07) is 14.5. The van der Waals surface area contributed by atoms with E-state index in [2.05, 4.69) is 32.3 Å². The first-order chi connectivity index (χ1) is 14.5. The maximum absolute atomic E-state index is 13.0. The summed E-state index contributed by atoms with van der Waals surface area (Å²) >= 11 is 11.6. The molecule has 0 saturated carbocycles. The van der Waals surface area contributed by atoms with Gasteiger partial charge in [-0.15, -0.1) is 0 Å². The van der Waals surface area contributed by atoms with E-state index in [9.17, 15) is 4.39 Å². The van der Waals surface area contributed by atoms with Gasteiger partial charge >= 0.3 is 0 Å². The number of nitrogens with one attached hydrogen (secondary N) is 1. The van der Waals surface area contributed by atoms with E-state index in [1.54, 1.807) is 18.3 Å². The van der Waals surface area contributed by atoms with Crippen LogP contribution in [0.5, 0.6) is 0 Å². The average molecular weight is 444 g/mol. The van der Waals surface area contributed by atoms with Crippen LogP contribution in [0.2, 0.25) is 5.02 Å². The quantitative estimate of drug-likeness (QED) is 0.597. The van der Waals surface area contributed by atoms with Gasteiger partial charge in [0.15, 0.2) is 5.11 Å². The third-order valence-electron chi connectivity index (χ3n) is 5.12. The van der Waals surface area contributed by atoms with Gasteiger partial charge in [0.2, 0.25) is 0 Å². The first-order valence-electron chi connectivity index (χ1n) is 9.85. The fourth-order valence-electron chi connectivity index (χ4n) is 3.45. The van der Waals surface area contributed by atoms with Crippen molar-refractivity contribution in [1.82, 2.24) is 19.6 Å². The number of aromatic nitrogens is 2. The molecule has 0 bridgehead atoms. The number of anilines is 1. The minimum absolute atomic E-state index is 0.236. The minimum atomic E-state index is -0.236. The Morgan fingerprint density at radius 2 is 1.60 bits per heavy atom. The zero-order valence-electron chi connectivity index (χ0n) is 16.5. The molecule has 156 valence electrons. The molecular formula is C22H23ClFN5S. The summed E-state index contributed by atoms with van der Waals surface area (Å²) in [4.78, 5) is 4.61. The Morgan fingerprint density at radius 3 is 2.30 bits per heavy atom. The van der Waals surface area contributed by atoms with Crippen molar-refractivity contribution in [2.45, 2.75) is 13.1 Å². The molecule has 2 aromatic carbocycles. The molecule has 0 aliphatic carbocycles. The molecule has 1 aromatic heterocycles. The number of thiocarbonyl (C=S) groups is 1.